The van der Waals surface area contributed by atoms with Crippen LogP contribution in [0.2, 0.25) is 0 Å². The van der Waals surface area contributed by atoms with E-state index in [0.29, 0.717) is 6.61 Å². The van der Waals surface area contributed by atoms with Crippen LogP contribution >= 0.6 is 0 Å². The van der Waals surface area contributed by atoms with Crippen molar-refractivity contribution >= 4 is 10.0 Å². The number of methoxy groups -OCH3 is 1. The third kappa shape index (κ3) is 3.22. The summed E-state index contributed by atoms with van der Waals surface area (Å²) in [6.07, 6.45) is 0. The Kier molecular flexibility index (Phi) is 5.13. The molecule has 0 spiro atoms. The standard InChI is InChI=1S/C12H19NO4S/c1-10(2)13(8-9-17-3)18(15,16)12-7-5-4-6-11(12)14/h4-7,10,14H,8-9H2,1-3H3. The van der Waals surface area contributed by atoms with Crippen LogP contribution in [0.4, 0.5) is 0 Å². The normalized spacial score (nSPS) is 12.3. The first kappa shape index (κ1) is 14.9. The summed E-state index contributed by atoms with van der Waals surface area (Å²) in [5.74, 6) is -0.236. The summed E-state index contributed by atoms with van der Waals surface area (Å²) >= 11 is 0. The Bertz CT molecular complexity index is 485. The molecule has 0 amide bonds. The Hall–Kier alpha value is -1.11. The zero-order valence-electron chi connectivity index (χ0n) is 10.8. The van der Waals surface area contributed by atoms with E-state index in [4.69, 9.17) is 4.74 Å². The fourth-order valence-electron chi connectivity index (χ4n) is 1.64. The SMILES string of the molecule is COCCN(C(C)C)S(=O)(=O)c1ccccc1O. The smallest absolute Gasteiger partial charge is 0.247 e. The van der Waals surface area contributed by atoms with Gasteiger partial charge in [0, 0.05) is 19.7 Å². The van der Waals surface area contributed by atoms with Crippen molar-refractivity contribution < 1.29 is 18.3 Å². The molecule has 18 heavy (non-hydrogen) atoms. The minimum Gasteiger partial charge on any atom is -0.507 e. The van der Waals surface area contributed by atoms with Gasteiger partial charge in [0.1, 0.15) is 10.6 Å². The number of aromatic hydroxyl groups is 1. The molecule has 0 aliphatic rings. The van der Waals surface area contributed by atoms with Crippen LogP contribution in [0.1, 0.15) is 13.8 Å². The van der Waals surface area contributed by atoms with Gasteiger partial charge in [-0.25, -0.2) is 8.42 Å². The van der Waals surface area contributed by atoms with E-state index in [-0.39, 0.29) is 23.2 Å². The molecule has 0 aromatic heterocycles. The fraction of sp³-hybridized carbons (Fsp3) is 0.500. The van der Waals surface area contributed by atoms with Gasteiger partial charge in [-0.2, -0.15) is 4.31 Å². The van der Waals surface area contributed by atoms with Gasteiger partial charge < -0.3 is 9.84 Å². The first-order valence-corrected chi connectivity index (χ1v) is 7.14. The lowest BCUT2D eigenvalue weighted by Crippen LogP contribution is -2.39. The van der Waals surface area contributed by atoms with Gasteiger partial charge in [-0.3, -0.25) is 0 Å². The van der Waals surface area contributed by atoms with Crippen molar-refractivity contribution in [2.75, 3.05) is 20.3 Å². The maximum absolute atomic E-state index is 12.4. The summed E-state index contributed by atoms with van der Waals surface area (Å²) in [4.78, 5) is -0.0743. The van der Waals surface area contributed by atoms with Crippen molar-refractivity contribution in [3.8, 4) is 5.75 Å². The number of para-hydroxylation sites is 1. The minimum atomic E-state index is -3.70. The van der Waals surface area contributed by atoms with Gasteiger partial charge in [0.25, 0.3) is 0 Å². The topological polar surface area (TPSA) is 66.8 Å². The number of nitrogens with zero attached hydrogens (tertiary/aromatic N) is 1. The summed E-state index contributed by atoms with van der Waals surface area (Å²) in [6, 6.07) is 5.73. The maximum atomic E-state index is 12.4. The average Bonchev–Trinajstić information content (AvgIpc) is 2.29. The summed E-state index contributed by atoms with van der Waals surface area (Å²) < 4.78 is 31.0. The van der Waals surface area contributed by atoms with Crippen LogP contribution in [-0.2, 0) is 14.8 Å². The van der Waals surface area contributed by atoms with Crippen LogP contribution in [0.5, 0.6) is 5.75 Å². The summed E-state index contributed by atoms with van der Waals surface area (Å²) in [5, 5.41) is 9.67. The van der Waals surface area contributed by atoms with Gasteiger partial charge in [0.2, 0.25) is 10.0 Å². The van der Waals surface area contributed by atoms with E-state index in [0.717, 1.165) is 0 Å². The first-order valence-electron chi connectivity index (χ1n) is 5.70. The summed E-state index contributed by atoms with van der Waals surface area (Å²) in [7, 11) is -2.18. The number of rotatable bonds is 6. The fourth-order valence-corrected chi connectivity index (χ4v) is 3.34. The molecule has 1 N–H and O–H groups in total. The molecule has 5 nitrogen and oxygen atoms in total. The highest BCUT2D eigenvalue weighted by atomic mass is 32.2. The van der Waals surface area contributed by atoms with Crippen LogP contribution in [0.25, 0.3) is 0 Å². The Labute approximate surface area is 108 Å². The molecular weight excluding hydrogens is 254 g/mol. The van der Waals surface area contributed by atoms with Crippen molar-refractivity contribution in [3.05, 3.63) is 24.3 Å². The number of ether oxygens (including phenoxy) is 1. The third-order valence-corrected chi connectivity index (χ3v) is 4.67. The van der Waals surface area contributed by atoms with Gasteiger partial charge in [0.15, 0.2) is 0 Å². The van der Waals surface area contributed by atoms with Crippen molar-refractivity contribution in [2.24, 2.45) is 0 Å². The zero-order valence-corrected chi connectivity index (χ0v) is 11.6. The lowest BCUT2D eigenvalue weighted by Gasteiger charge is -2.25. The Morgan fingerprint density at radius 3 is 2.44 bits per heavy atom. The lowest BCUT2D eigenvalue weighted by molar-refractivity contribution is 0.170. The van der Waals surface area contributed by atoms with Gasteiger partial charge in [-0.05, 0) is 26.0 Å². The highest BCUT2D eigenvalue weighted by molar-refractivity contribution is 7.89. The van der Waals surface area contributed by atoms with Crippen LogP contribution in [0.3, 0.4) is 0 Å². The quantitative estimate of drug-likeness (QED) is 0.851. The molecule has 0 bridgehead atoms. The van der Waals surface area contributed by atoms with Crippen LogP contribution in [0.15, 0.2) is 29.2 Å². The third-order valence-electron chi connectivity index (χ3n) is 2.54. The zero-order chi connectivity index (χ0) is 13.8. The van der Waals surface area contributed by atoms with E-state index in [2.05, 4.69) is 0 Å². The summed E-state index contributed by atoms with van der Waals surface area (Å²) in [6.45, 7) is 4.14. The molecule has 0 unspecified atom stereocenters. The van der Waals surface area contributed by atoms with Gasteiger partial charge in [-0.15, -0.1) is 0 Å². The molecule has 0 aliphatic heterocycles. The number of phenolic OH excluding ortho intramolecular Hbond substituents is 1. The minimum absolute atomic E-state index is 0.0743. The monoisotopic (exact) mass is 273 g/mol. The summed E-state index contributed by atoms with van der Waals surface area (Å²) in [5.41, 5.74) is 0. The van der Waals surface area contributed by atoms with Gasteiger partial charge >= 0.3 is 0 Å². The van der Waals surface area contributed by atoms with Gasteiger partial charge in [-0.1, -0.05) is 12.1 Å². The van der Waals surface area contributed by atoms with Crippen molar-refractivity contribution in [1.82, 2.24) is 4.31 Å². The van der Waals surface area contributed by atoms with Crippen molar-refractivity contribution in [2.45, 2.75) is 24.8 Å². The van der Waals surface area contributed by atoms with E-state index in [1.54, 1.807) is 26.0 Å². The van der Waals surface area contributed by atoms with E-state index in [9.17, 15) is 13.5 Å². The van der Waals surface area contributed by atoms with Crippen molar-refractivity contribution in [3.63, 3.8) is 0 Å². The second-order valence-corrected chi connectivity index (χ2v) is 6.03. The molecule has 102 valence electrons. The molecule has 0 atom stereocenters. The Morgan fingerprint density at radius 2 is 1.94 bits per heavy atom. The molecule has 1 rings (SSSR count). The van der Waals surface area contributed by atoms with E-state index in [1.165, 1.54) is 23.5 Å². The lowest BCUT2D eigenvalue weighted by atomic mass is 10.3. The number of phenols is 1. The highest BCUT2D eigenvalue weighted by Gasteiger charge is 2.28. The van der Waals surface area contributed by atoms with E-state index >= 15 is 0 Å². The predicted octanol–water partition coefficient (Wildman–Crippen LogP) is 1.44. The molecule has 0 saturated heterocycles. The highest BCUT2D eigenvalue weighted by Crippen LogP contribution is 2.26. The molecule has 0 saturated carbocycles. The second kappa shape index (κ2) is 6.17. The van der Waals surface area contributed by atoms with E-state index < -0.39 is 10.0 Å². The maximum Gasteiger partial charge on any atom is 0.247 e. The molecule has 0 fully saturated rings. The van der Waals surface area contributed by atoms with Crippen molar-refractivity contribution in [1.29, 1.82) is 0 Å². The largest absolute Gasteiger partial charge is 0.507 e. The predicted molar refractivity (Wildman–Crippen MR) is 69.0 cm³/mol. The molecule has 6 heteroatoms. The van der Waals surface area contributed by atoms with Crippen LogP contribution in [0, 0.1) is 0 Å². The molecule has 0 heterocycles. The molecular formula is C12H19NO4S. The number of hydrogen-bond donors (Lipinski definition) is 1. The molecule has 0 radical (unpaired) electrons. The Morgan fingerprint density at radius 1 is 1.33 bits per heavy atom. The molecule has 1 aromatic carbocycles. The molecule has 0 aliphatic carbocycles. The van der Waals surface area contributed by atoms with Gasteiger partial charge in [0.05, 0.1) is 6.61 Å². The molecule has 1 aromatic rings. The Balaban J connectivity index is 3.14. The number of hydrogen-bond acceptors (Lipinski definition) is 4. The second-order valence-electron chi connectivity index (χ2n) is 4.17. The van der Waals surface area contributed by atoms with Crippen LogP contribution < -0.4 is 0 Å². The number of sulfonamides is 1. The van der Waals surface area contributed by atoms with Crippen LogP contribution in [-0.4, -0.2) is 44.1 Å². The van der Waals surface area contributed by atoms with E-state index in [1.807, 2.05) is 0 Å². The first-order chi connectivity index (χ1) is 8.41. The number of benzene rings is 1. The average molecular weight is 273 g/mol.